The highest BCUT2D eigenvalue weighted by molar-refractivity contribution is 7.80. The number of carbonyl (C=O) groups excluding carboxylic acids is 1. The first kappa shape index (κ1) is 25.8. The fraction of sp³-hybridized carbons (Fsp3) is 0.0690. The predicted octanol–water partition coefficient (Wildman–Crippen LogP) is 5.44. The number of nitrogens with zero attached hydrogens (tertiary/aromatic N) is 2. The third-order valence-electron chi connectivity index (χ3n) is 5.78. The summed E-state index contributed by atoms with van der Waals surface area (Å²) >= 11 is 10.5. The molecule has 0 atom stereocenters. The van der Waals surface area contributed by atoms with Crippen LogP contribution in [0.5, 0.6) is 0 Å². The van der Waals surface area contributed by atoms with Crippen molar-refractivity contribution in [2.24, 2.45) is 11.5 Å². The number of benzene rings is 4. The molecule has 0 spiro atoms. The molecule has 6 nitrogen and oxygen atoms in total. The first-order valence-corrected chi connectivity index (χ1v) is 12.5. The minimum atomic E-state index is -0.222. The number of hydrogen-bond acceptors (Lipinski definition) is 3. The van der Waals surface area contributed by atoms with Gasteiger partial charge in [0.15, 0.2) is 10.2 Å². The summed E-state index contributed by atoms with van der Waals surface area (Å²) in [5.41, 5.74) is 17.0. The molecule has 0 radical (unpaired) electrons. The SMILES string of the molecule is NC(=S)N(Cc1ccccc1)c1ccc(NC(=O)c2ccc(N(Cc3ccccc3)C(N)=S)cc2)cc1. The Morgan fingerprint density at radius 3 is 1.43 bits per heavy atom. The number of amides is 1. The summed E-state index contributed by atoms with van der Waals surface area (Å²) in [6, 6.07) is 34.5. The van der Waals surface area contributed by atoms with E-state index in [1.807, 2.05) is 107 Å². The van der Waals surface area contributed by atoms with E-state index in [-0.39, 0.29) is 16.1 Å². The Hall–Kier alpha value is -4.27. The molecule has 186 valence electrons. The lowest BCUT2D eigenvalue weighted by atomic mass is 10.1. The Bertz CT molecular complexity index is 1360. The number of hydrogen-bond donors (Lipinski definition) is 3. The molecule has 0 saturated carbocycles. The van der Waals surface area contributed by atoms with Crippen LogP contribution >= 0.6 is 24.4 Å². The van der Waals surface area contributed by atoms with Crippen LogP contribution in [0.25, 0.3) is 0 Å². The summed E-state index contributed by atoms with van der Waals surface area (Å²) in [6.45, 7) is 1.10. The minimum Gasteiger partial charge on any atom is -0.376 e. The molecular formula is C29H27N5OS2. The molecule has 0 aliphatic heterocycles. The van der Waals surface area contributed by atoms with Crippen LogP contribution < -0.4 is 26.6 Å². The number of carbonyl (C=O) groups is 1. The van der Waals surface area contributed by atoms with Crippen molar-refractivity contribution in [3.05, 3.63) is 126 Å². The molecule has 0 fully saturated rings. The Morgan fingerprint density at radius 1 is 0.622 bits per heavy atom. The Balaban J connectivity index is 1.42. The van der Waals surface area contributed by atoms with Gasteiger partial charge in [-0.15, -0.1) is 0 Å². The van der Waals surface area contributed by atoms with Gasteiger partial charge < -0.3 is 26.6 Å². The van der Waals surface area contributed by atoms with Gasteiger partial charge in [0.05, 0.1) is 13.1 Å². The molecule has 1 amide bonds. The van der Waals surface area contributed by atoms with Crippen molar-refractivity contribution in [2.75, 3.05) is 15.1 Å². The van der Waals surface area contributed by atoms with E-state index < -0.39 is 0 Å². The maximum absolute atomic E-state index is 12.9. The molecular weight excluding hydrogens is 498 g/mol. The summed E-state index contributed by atoms with van der Waals surface area (Å²) in [5, 5.41) is 3.47. The number of nitrogens with two attached hydrogens (primary N) is 2. The lowest BCUT2D eigenvalue weighted by molar-refractivity contribution is 0.102. The molecule has 37 heavy (non-hydrogen) atoms. The van der Waals surface area contributed by atoms with E-state index in [1.54, 1.807) is 12.1 Å². The molecule has 4 rings (SSSR count). The summed E-state index contributed by atoms with van der Waals surface area (Å²) in [5.74, 6) is -0.222. The highest BCUT2D eigenvalue weighted by Gasteiger charge is 2.14. The van der Waals surface area contributed by atoms with Gasteiger partial charge in [0.25, 0.3) is 5.91 Å². The van der Waals surface area contributed by atoms with Crippen LogP contribution in [0.15, 0.2) is 109 Å². The van der Waals surface area contributed by atoms with Gasteiger partial charge in [0.2, 0.25) is 0 Å². The van der Waals surface area contributed by atoms with Crippen LogP contribution in [0.1, 0.15) is 21.5 Å². The van der Waals surface area contributed by atoms with E-state index in [0.29, 0.717) is 24.3 Å². The van der Waals surface area contributed by atoms with E-state index in [0.717, 1.165) is 22.5 Å². The van der Waals surface area contributed by atoms with Gasteiger partial charge in [0, 0.05) is 22.6 Å². The summed E-state index contributed by atoms with van der Waals surface area (Å²) < 4.78 is 0. The molecule has 0 aliphatic rings. The van der Waals surface area contributed by atoms with E-state index >= 15 is 0 Å². The average molecular weight is 526 g/mol. The fourth-order valence-electron chi connectivity index (χ4n) is 3.85. The highest BCUT2D eigenvalue weighted by Crippen LogP contribution is 2.22. The Kier molecular flexibility index (Phi) is 8.45. The number of nitrogens with one attached hydrogen (secondary N) is 1. The fourth-order valence-corrected chi connectivity index (χ4v) is 4.19. The zero-order valence-corrected chi connectivity index (χ0v) is 21.7. The van der Waals surface area contributed by atoms with E-state index in [9.17, 15) is 4.79 Å². The van der Waals surface area contributed by atoms with E-state index in [1.165, 1.54) is 0 Å². The van der Waals surface area contributed by atoms with Crippen LogP contribution in [0.3, 0.4) is 0 Å². The molecule has 0 unspecified atom stereocenters. The van der Waals surface area contributed by atoms with Crippen LogP contribution in [-0.2, 0) is 13.1 Å². The normalized spacial score (nSPS) is 10.4. The smallest absolute Gasteiger partial charge is 0.255 e. The minimum absolute atomic E-state index is 0.222. The molecule has 0 aromatic heterocycles. The monoisotopic (exact) mass is 525 g/mol. The number of thiocarbonyl (C=S) groups is 2. The number of rotatable bonds is 8. The summed E-state index contributed by atoms with van der Waals surface area (Å²) in [7, 11) is 0. The van der Waals surface area contributed by atoms with Gasteiger partial charge in [0.1, 0.15) is 0 Å². The Morgan fingerprint density at radius 2 is 1.03 bits per heavy atom. The molecule has 4 aromatic rings. The van der Waals surface area contributed by atoms with Gasteiger partial charge in [-0.1, -0.05) is 60.7 Å². The van der Waals surface area contributed by atoms with Crippen LogP contribution in [0, 0.1) is 0 Å². The summed E-state index contributed by atoms with van der Waals surface area (Å²) in [6.07, 6.45) is 0. The second-order valence-corrected chi connectivity index (χ2v) is 9.20. The predicted molar refractivity (Wildman–Crippen MR) is 160 cm³/mol. The first-order chi connectivity index (χ1) is 17.9. The van der Waals surface area contributed by atoms with E-state index in [2.05, 4.69) is 5.32 Å². The first-order valence-electron chi connectivity index (χ1n) is 11.6. The van der Waals surface area contributed by atoms with Crippen molar-refractivity contribution in [3.8, 4) is 0 Å². The highest BCUT2D eigenvalue weighted by atomic mass is 32.1. The zero-order valence-electron chi connectivity index (χ0n) is 20.1. The quantitative estimate of drug-likeness (QED) is 0.264. The van der Waals surface area contributed by atoms with Gasteiger partial charge in [-0.3, -0.25) is 4.79 Å². The van der Waals surface area contributed by atoms with Gasteiger partial charge >= 0.3 is 0 Å². The van der Waals surface area contributed by atoms with Crippen molar-refractivity contribution >= 4 is 57.6 Å². The average Bonchev–Trinajstić information content (AvgIpc) is 2.92. The summed E-state index contributed by atoms with van der Waals surface area (Å²) in [4.78, 5) is 16.5. The largest absolute Gasteiger partial charge is 0.376 e. The second-order valence-electron chi connectivity index (χ2n) is 8.37. The van der Waals surface area contributed by atoms with Gasteiger partial charge in [-0.05, 0) is 84.1 Å². The van der Waals surface area contributed by atoms with Crippen LogP contribution in [-0.4, -0.2) is 16.1 Å². The maximum Gasteiger partial charge on any atom is 0.255 e. The lowest BCUT2D eigenvalue weighted by Crippen LogP contribution is -2.35. The van der Waals surface area contributed by atoms with Crippen molar-refractivity contribution < 1.29 is 4.79 Å². The molecule has 4 aromatic carbocycles. The van der Waals surface area contributed by atoms with Crippen LogP contribution in [0.4, 0.5) is 17.1 Å². The third kappa shape index (κ3) is 6.91. The van der Waals surface area contributed by atoms with Crippen molar-refractivity contribution in [1.82, 2.24) is 0 Å². The molecule has 5 N–H and O–H groups in total. The second kappa shape index (κ2) is 12.1. The van der Waals surface area contributed by atoms with Gasteiger partial charge in [-0.2, -0.15) is 0 Å². The van der Waals surface area contributed by atoms with Crippen molar-refractivity contribution in [3.63, 3.8) is 0 Å². The van der Waals surface area contributed by atoms with Crippen molar-refractivity contribution in [2.45, 2.75) is 13.1 Å². The molecule has 8 heteroatoms. The zero-order chi connectivity index (χ0) is 26.2. The standard InChI is InChI=1S/C29H27N5OS2/c30-28(36)33(19-21-7-3-1-4-8-21)25-15-11-23(12-16-25)27(35)32-24-13-17-26(18-14-24)34(29(31)37)20-22-9-5-2-6-10-22/h1-18H,19-20H2,(H2,30,36)(H2,31,37)(H,32,35). The van der Waals surface area contributed by atoms with E-state index in [4.69, 9.17) is 35.9 Å². The van der Waals surface area contributed by atoms with Crippen molar-refractivity contribution in [1.29, 1.82) is 0 Å². The number of anilines is 3. The molecule has 0 heterocycles. The van der Waals surface area contributed by atoms with Gasteiger partial charge in [-0.25, -0.2) is 0 Å². The topological polar surface area (TPSA) is 87.6 Å². The maximum atomic E-state index is 12.9. The molecule has 0 aliphatic carbocycles. The lowest BCUT2D eigenvalue weighted by Gasteiger charge is -2.23. The Labute approximate surface area is 227 Å². The van der Waals surface area contributed by atoms with Crippen LogP contribution in [0.2, 0.25) is 0 Å². The third-order valence-corrected chi connectivity index (χ3v) is 6.22. The molecule has 0 bridgehead atoms. The molecule has 0 saturated heterocycles.